The molecule has 0 heterocycles. The zero-order chi connectivity index (χ0) is 8.48. The summed E-state index contributed by atoms with van der Waals surface area (Å²) in [6.07, 6.45) is 6.47. The fourth-order valence-corrected chi connectivity index (χ4v) is 1.77. The lowest BCUT2D eigenvalue weighted by Crippen LogP contribution is -2.17. The Labute approximate surface area is 70.7 Å². The van der Waals surface area contributed by atoms with E-state index in [2.05, 4.69) is 33.8 Å². The third-order valence-electron chi connectivity index (χ3n) is 3.29. The summed E-state index contributed by atoms with van der Waals surface area (Å²) in [5, 5.41) is 0. The minimum atomic E-state index is 0.505. The van der Waals surface area contributed by atoms with Crippen LogP contribution in [0.2, 0.25) is 0 Å². The highest BCUT2D eigenvalue weighted by Gasteiger charge is 2.30. The maximum Gasteiger partial charge on any atom is -0.0118 e. The van der Waals surface area contributed by atoms with E-state index in [-0.39, 0.29) is 0 Å². The zero-order valence-corrected chi connectivity index (χ0v) is 8.28. The second kappa shape index (κ2) is 3.00. The van der Waals surface area contributed by atoms with Gasteiger partial charge in [0.1, 0.15) is 0 Å². The van der Waals surface area contributed by atoms with Gasteiger partial charge in [-0.25, -0.2) is 0 Å². The quantitative estimate of drug-likeness (QED) is 0.528. The van der Waals surface area contributed by atoms with Crippen molar-refractivity contribution < 1.29 is 0 Å². The average molecular weight is 152 g/mol. The molecular weight excluding hydrogens is 132 g/mol. The van der Waals surface area contributed by atoms with Gasteiger partial charge < -0.3 is 0 Å². The topological polar surface area (TPSA) is 0 Å². The predicted molar refractivity (Wildman–Crippen MR) is 50.6 cm³/mol. The van der Waals surface area contributed by atoms with Crippen molar-refractivity contribution in [3.63, 3.8) is 0 Å². The number of hydrogen-bond acceptors (Lipinski definition) is 0. The van der Waals surface area contributed by atoms with Gasteiger partial charge in [0.2, 0.25) is 0 Å². The molecule has 64 valence electrons. The predicted octanol–water partition coefficient (Wildman–Crippen LogP) is 3.78. The van der Waals surface area contributed by atoms with Crippen LogP contribution < -0.4 is 0 Å². The molecule has 0 aromatic rings. The van der Waals surface area contributed by atoms with E-state index in [0.29, 0.717) is 5.41 Å². The van der Waals surface area contributed by atoms with Crippen molar-refractivity contribution in [1.29, 1.82) is 0 Å². The molecule has 0 aromatic heterocycles. The molecule has 0 aliphatic heterocycles. The summed E-state index contributed by atoms with van der Waals surface area (Å²) in [5.74, 6) is 0.798. The third kappa shape index (κ3) is 1.66. The Morgan fingerprint density at radius 1 is 1.55 bits per heavy atom. The van der Waals surface area contributed by atoms with Crippen molar-refractivity contribution in [2.45, 2.75) is 47.0 Å². The van der Waals surface area contributed by atoms with Gasteiger partial charge in [-0.1, -0.05) is 39.3 Å². The van der Waals surface area contributed by atoms with Crippen LogP contribution in [0, 0.1) is 11.3 Å². The fourth-order valence-electron chi connectivity index (χ4n) is 1.77. The Morgan fingerprint density at radius 2 is 2.18 bits per heavy atom. The zero-order valence-electron chi connectivity index (χ0n) is 8.28. The van der Waals surface area contributed by atoms with E-state index in [1.54, 1.807) is 5.57 Å². The Morgan fingerprint density at radius 3 is 2.45 bits per heavy atom. The standard InChI is InChI=1S/C11H20/c1-5-10-6-7-11(4,8-10)9(2)3/h8-9H,5-7H2,1-4H3. The van der Waals surface area contributed by atoms with Gasteiger partial charge in [0.05, 0.1) is 0 Å². The minimum absolute atomic E-state index is 0.505. The molecule has 0 bridgehead atoms. The molecule has 1 atom stereocenters. The number of allylic oxidation sites excluding steroid dienone is 2. The van der Waals surface area contributed by atoms with Crippen molar-refractivity contribution in [2.75, 3.05) is 0 Å². The molecule has 0 spiro atoms. The Kier molecular flexibility index (Phi) is 2.41. The van der Waals surface area contributed by atoms with Gasteiger partial charge in [-0.3, -0.25) is 0 Å². The van der Waals surface area contributed by atoms with Gasteiger partial charge in [0, 0.05) is 0 Å². The molecule has 1 aliphatic carbocycles. The number of hydrogen-bond donors (Lipinski definition) is 0. The maximum absolute atomic E-state index is 2.51. The molecule has 0 saturated heterocycles. The van der Waals surface area contributed by atoms with Gasteiger partial charge in [0.15, 0.2) is 0 Å². The summed E-state index contributed by atoms with van der Waals surface area (Å²) < 4.78 is 0. The molecule has 0 amide bonds. The second-order valence-corrected chi connectivity index (χ2v) is 4.32. The fraction of sp³-hybridized carbons (Fsp3) is 0.818. The molecule has 0 radical (unpaired) electrons. The van der Waals surface area contributed by atoms with E-state index in [0.717, 1.165) is 5.92 Å². The van der Waals surface area contributed by atoms with Gasteiger partial charge in [-0.15, -0.1) is 0 Å². The van der Waals surface area contributed by atoms with Gasteiger partial charge in [-0.2, -0.15) is 0 Å². The summed E-state index contributed by atoms with van der Waals surface area (Å²) in [7, 11) is 0. The smallest absolute Gasteiger partial charge is 0.0118 e. The molecule has 1 rings (SSSR count). The first kappa shape index (κ1) is 8.83. The van der Waals surface area contributed by atoms with E-state index in [9.17, 15) is 0 Å². The highest BCUT2D eigenvalue weighted by molar-refractivity contribution is 5.16. The summed E-state index contributed by atoms with van der Waals surface area (Å²) in [4.78, 5) is 0. The van der Waals surface area contributed by atoms with Crippen LogP contribution in [-0.2, 0) is 0 Å². The van der Waals surface area contributed by atoms with Crippen LogP contribution in [0.3, 0.4) is 0 Å². The van der Waals surface area contributed by atoms with Crippen molar-refractivity contribution in [3.05, 3.63) is 11.6 Å². The third-order valence-corrected chi connectivity index (χ3v) is 3.29. The summed E-state index contributed by atoms with van der Waals surface area (Å²) >= 11 is 0. The Hall–Kier alpha value is -0.260. The lowest BCUT2D eigenvalue weighted by molar-refractivity contribution is 0.293. The minimum Gasteiger partial charge on any atom is -0.0791 e. The first-order valence-corrected chi connectivity index (χ1v) is 4.79. The van der Waals surface area contributed by atoms with E-state index < -0.39 is 0 Å². The van der Waals surface area contributed by atoms with E-state index >= 15 is 0 Å². The summed E-state index contributed by atoms with van der Waals surface area (Å²) in [5.41, 5.74) is 2.17. The SMILES string of the molecule is CCC1=CC(C)(C(C)C)CC1. The maximum atomic E-state index is 2.51. The summed E-state index contributed by atoms with van der Waals surface area (Å²) in [6, 6.07) is 0. The van der Waals surface area contributed by atoms with Crippen LogP contribution in [-0.4, -0.2) is 0 Å². The first-order valence-electron chi connectivity index (χ1n) is 4.79. The molecular formula is C11H20. The van der Waals surface area contributed by atoms with Crippen molar-refractivity contribution in [1.82, 2.24) is 0 Å². The second-order valence-electron chi connectivity index (χ2n) is 4.32. The highest BCUT2D eigenvalue weighted by Crippen LogP contribution is 2.42. The van der Waals surface area contributed by atoms with Crippen LogP contribution in [0.15, 0.2) is 11.6 Å². The summed E-state index contributed by atoms with van der Waals surface area (Å²) in [6.45, 7) is 9.31. The lowest BCUT2D eigenvalue weighted by atomic mass is 9.79. The van der Waals surface area contributed by atoms with Crippen LogP contribution in [0.4, 0.5) is 0 Å². The molecule has 11 heavy (non-hydrogen) atoms. The van der Waals surface area contributed by atoms with E-state index in [4.69, 9.17) is 0 Å². The van der Waals surface area contributed by atoms with Crippen LogP contribution in [0.1, 0.15) is 47.0 Å². The Bertz CT molecular complexity index is 165. The molecule has 1 aliphatic rings. The Balaban J connectivity index is 2.70. The average Bonchev–Trinajstić information content (AvgIpc) is 2.33. The molecule has 0 aromatic carbocycles. The van der Waals surface area contributed by atoms with Crippen LogP contribution in [0.25, 0.3) is 0 Å². The van der Waals surface area contributed by atoms with Crippen molar-refractivity contribution in [3.8, 4) is 0 Å². The largest absolute Gasteiger partial charge is 0.0791 e. The molecule has 0 nitrogen and oxygen atoms in total. The van der Waals surface area contributed by atoms with Crippen LogP contribution >= 0.6 is 0 Å². The van der Waals surface area contributed by atoms with Gasteiger partial charge in [-0.05, 0) is 30.6 Å². The van der Waals surface area contributed by atoms with Gasteiger partial charge >= 0.3 is 0 Å². The van der Waals surface area contributed by atoms with Gasteiger partial charge in [0.25, 0.3) is 0 Å². The number of rotatable bonds is 2. The lowest BCUT2D eigenvalue weighted by Gasteiger charge is -2.26. The normalized spacial score (nSPS) is 31.2. The first-order chi connectivity index (χ1) is 5.08. The van der Waals surface area contributed by atoms with Crippen molar-refractivity contribution in [2.24, 2.45) is 11.3 Å². The van der Waals surface area contributed by atoms with Crippen LogP contribution in [0.5, 0.6) is 0 Å². The van der Waals surface area contributed by atoms with Crippen molar-refractivity contribution >= 4 is 0 Å². The molecule has 1 unspecified atom stereocenters. The van der Waals surface area contributed by atoms with E-state index in [1.165, 1.54) is 19.3 Å². The molecule has 0 N–H and O–H groups in total. The highest BCUT2D eigenvalue weighted by atomic mass is 14.3. The van der Waals surface area contributed by atoms with E-state index in [1.807, 2.05) is 0 Å². The molecule has 0 saturated carbocycles. The molecule has 0 fully saturated rings. The molecule has 0 heteroatoms. The monoisotopic (exact) mass is 152 g/mol.